The molecule has 0 aromatic heterocycles. The fourth-order valence-electron chi connectivity index (χ4n) is 4.60. The molecule has 1 amide bonds. The molecule has 0 bridgehead atoms. The molecule has 0 aliphatic carbocycles. The highest BCUT2D eigenvalue weighted by molar-refractivity contribution is 5.99. The summed E-state index contributed by atoms with van der Waals surface area (Å²) in [7, 11) is 0. The number of carbonyl (C=O) groups excluding carboxylic acids is 1. The molecule has 2 aliphatic heterocycles. The van der Waals surface area contributed by atoms with E-state index in [1.165, 1.54) is 37.9 Å². The molecule has 2 saturated heterocycles. The predicted molar refractivity (Wildman–Crippen MR) is 124 cm³/mol. The van der Waals surface area contributed by atoms with Gasteiger partial charge in [0.05, 0.1) is 5.41 Å². The van der Waals surface area contributed by atoms with Gasteiger partial charge in [-0.25, -0.2) is 0 Å². The van der Waals surface area contributed by atoms with Crippen LogP contribution in [0.5, 0.6) is 5.75 Å². The fraction of sp³-hybridized carbons (Fsp3) is 0.500. The van der Waals surface area contributed by atoms with Crippen molar-refractivity contribution in [3.8, 4) is 5.75 Å². The predicted octanol–water partition coefficient (Wildman–Crippen LogP) is 4.55. The molecule has 0 saturated carbocycles. The minimum atomic E-state index is -0.546. The van der Waals surface area contributed by atoms with Gasteiger partial charge in [-0.15, -0.1) is 0 Å². The maximum absolute atomic E-state index is 13.4. The largest absolute Gasteiger partial charge is 0.492 e. The molecule has 0 unspecified atom stereocenters. The monoisotopic (exact) mass is 422 g/mol. The van der Waals surface area contributed by atoms with Gasteiger partial charge in [-0.1, -0.05) is 36.2 Å². The van der Waals surface area contributed by atoms with E-state index in [-0.39, 0.29) is 5.91 Å². The zero-order chi connectivity index (χ0) is 21.5. The van der Waals surface area contributed by atoms with E-state index in [4.69, 9.17) is 9.47 Å². The number of nitrogens with zero attached hydrogens (tertiary/aromatic N) is 1. The SMILES string of the molecule is Cc1ccc(C2(C(=O)Nc3ccc(OCCN4CCCCC4)cc3)CCOCC2)cc1. The Kier molecular flexibility index (Phi) is 7.25. The Morgan fingerprint density at radius 3 is 2.35 bits per heavy atom. The molecule has 0 atom stereocenters. The van der Waals surface area contributed by atoms with Crippen LogP contribution in [0.15, 0.2) is 48.5 Å². The Labute approximate surface area is 185 Å². The van der Waals surface area contributed by atoms with Crippen molar-refractivity contribution in [2.45, 2.75) is 44.4 Å². The summed E-state index contributed by atoms with van der Waals surface area (Å²) < 4.78 is 11.5. The summed E-state index contributed by atoms with van der Waals surface area (Å²) in [4.78, 5) is 15.9. The van der Waals surface area contributed by atoms with E-state index < -0.39 is 5.41 Å². The molecule has 2 aromatic rings. The summed E-state index contributed by atoms with van der Waals surface area (Å²) in [5.41, 5.74) is 2.51. The molecule has 31 heavy (non-hydrogen) atoms. The summed E-state index contributed by atoms with van der Waals surface area (Å²) in [6.07, 6.45) is 5.33. The standard InChI is InChI=1S/C26H34N2O3/c1-21-5-7-22(8-6-21)26(13-18-30-19-14-26)25(29)27-23-9-11-24(12-10-23)31-20-17-28-15-3-2-4-16-28/h5-12H,2-4,13-20H2,1H3,(H,27,29). The minimum absolute atomic E-state index is 0.0402. The first-order valence-corrected chi connectivity index (χ1v) is 11.6. The molecule has 2 fully saturated rings. The van der Waals surface area contributed by atoms with Crippen molar-refractivity contribution in [3.05, 3.63) is 59.7 Å². The van der Waals surface area contributed by atoms with Crippen LogP contribution in [0.4, 0.5) is 5.69 Å². The molecule has 166 valence electrons. The summed E-state index contributed by atoms with van der Waals surface area (Å²) >= 11 is 0. The first kappa shape index (κ1) is 21.8. The Morgan fingerprint density at radius 2 is 1.68 bits per heavy atom. The number of anilines is 1. The van der Waals surface area contributed by atoms with Crippen LogP contribution in [-0.2, 0) is 14.9 Å². The summed E-state index contributed by atoms with van der Waals surface area (Å²) in [5.74, 6) is 0.882. The number of amides is 1. The Morgan fingerprint density at radius 1 is 1.00 bits per heavy atom. The lowest BCUT2D eigenvalue weighted by Gasteiger charge is -2.36. The summed E-state index contributed by atoms with van der Waals surface area (Å²) in [5, 5.41) is 3.14. The summed E-state index contributed by atoms with van der Waals surface area (Å²) in [6, 6.07) is 16.1. The van der Waals surface area contributed by atoms with E-state index in [9.17, 15) is 4.79 Å². The van der Waals surface area contributed by atoms with Gasteiger partial charge < -0.3 is 14.8 Å². The Bertz CT molecular complexity index is 836. The number of nitrogens with one attached hydrogen (secondary N) is 1. The number of aryl methyl sites for hydroxylation is 1. The number of ether oxygens (including phenoxy) is 2. The smallest absolute Gasteiger partial charge is 0.235 e. The van der Waals surface area contributed by atoms with Crippen molar-refractivity contribution in [3.63, 3.8) is 0 Å². The van der Waals surface area contributed by atoms with Crippen LogP contribution >= 0.6 is 0 Å². The molecule has 5 nitrogen and oxygen atoms in total. The molecule has 0 radical (unpaired) electrons. The van der Waals surface area contributed by atoms with Crippen LogP contribution in [0.3, 0.4) is 0 Å². The maximum Gasteiger partial charge on any atom is 0.235 e. The van der Waals surface area contributed by atoms with Crippen molar-refractivity contribution in [1.82, 2.24) is 4.90 Å². The van der Waals surface area contributed by atoms with Gasteiger partial charge in [0.1, 0.15) is 12.4 Å². The summed E-state index contributed by atoms with van der Waals surface area (Å²) in [6.45, 7) is 7.30. The van der Waals surface area contributed by atoms with Gasteiger partial charge in [-0.2, -0.15) is 0 Å². The van der Waals surface area contributed by atoms with Crippen molar-refractivity contribution in [2.75, 3.05) is 44.8 Å². The third-order valence-corrected chi connectivity index (χ3v) is 6.62. The van der Waals surface area contributed by atoms with Crippen molar-refractivity contribution in [2.24, 2.45) is 0 Å². The molecular weight excluding hydrogens is 388 g/mol. The van der Waals surface area contributed by atoms with Crippen molar-refractivity contribution >= 4 is 11.6 Å². The highest BCUT2D eigenvalue weighted by Crippen LogP contribution is 2.36. The van der Waals surface area contributed by atoms with Crippen LogP contribution in [0.2, 0.25) is 0 Å². The third-order valence-electron chi connectivity index (χ3n) is 6.62. The molecule has 2 aliphatic rings. The van der Waals surface area contributed by atoms with Gasteiger partial charge >= 0.3 is 0 Å². The number of likely N-dealkylation sites (tertiary alicyclic amines) is 1. The van der Waals surface area contributed by atoms with Gasteiger partial charge in [0, 0.05) is 25.4 Å². The van der Waals surface area contributed by atoms with Crippen LogP contribution < -0.4 is 10.1 Å². The molecule has 5 heteroatoms. The Balaban J connectivity index is 1.36. The van der Waals surface area contributed by atoms with E-state index in [1.807, 2.05) is 24.3 Å². The second-order valence-corrected chi connectivity index (χ2v) is 8.79. The third kappa shape index (κ3) is 5.46. The molecule has 0 spiro atoms. The quantitative estimate of drug-likeness (QED) is 0.711. The second kappa shape index (κ2) is 10.3. The molecule has 2 heterocycles. The highest BCUT2D eigenvalue weighted by atomic mass is 16.5. The minimum Gasteiger partial charge on any atom is -0.492 e. The zero-order valence-corrected chi connectivity index (χ0v) is 18.6. The molecule has 2 aromatic carbocycles. The van der Waals surface area contributed by atoms with E-state index in [0.29, 0.717) is 32.7 Å². The van der Waals surface area contributed by atoms with Crippen molar-refractivity contribution < 1.29 is 14.3 Å². The van der Waals surface area contributed by atoms with Gasteiger partial charge in [-0.05, 0) is 75.5 Å². The van der Waals surface area contributed by atoms with Crippen LogP contribution in [0.1, 0.15) is 43.2 Å². The molecule has 1 N–H and O–H groups in total. The number of carbonyl (C=O) groups is 1. The zero-order valence-electron chi connectivity index (χ0n) is 18.6. The first-order valence-electron chi connectivity index (χ1n) is 11.6. The van der Waals surface area contributed by atoms with E-state index in [0.717, 1.165) is 23.5 Å². The molecule has 4 rings (SSSR count). The van der Waals surface area contributed by atoms with Gasteiger partial charge in [-0.3, -0.25) is 9.69 Å². The van der Waals surface area contributed by atoms with Crippen LogP contribution in [0, 0.1) is 6.92 Å². The van der Waals surface area contributed by atoms with Gasteiger partial charge in [0.2, 0.25) is 5.91 Å². The molecular formula is C26H34N2O3. The Hall–Kier alpha value is -2.37. The van der Waals surface area contributed by atoms with E-state index in [1.54, 1.807) is 0 Å². The van der Waals surface area contributed by atoms with Gasteiger partial charge in [0.25, 0.3) is 0 Å². The lowest BCUT2D eigenvalue weighted by atomic mass is 9.73. The highest BCUT2D eigenvalue weighted by Gasteiger charge is 2.41. The van der Waals surface area contributed by atoms with Crippen LogP contribution in [-0.4, -0.2) is 50.3 Å². The second-order valence-electron chi connectivity index (χ2n) is 8.79. The van der Waals surface area contributed by atoms with Crippen LogP contribution in [0.25, 0.3) is 0 Å². The average Bonchev–Trinajstić information content (AvgIpc) is 2.82. The lowest BCUT2D eigenvalue weighted by molar-refractivity contribution is -0.125. The number of hydrogen-bond acceptors (Lipinski definition) is 4. The number of hydrogen-bond donors (Lipinski definition) is 1. The van der Waals surface area contributed by atoms with E-state index in [2.05, 4.69) is 41.4 Å². The maximum atomic E-state index is 13.4. The average molecular weight is 423 g/mol. The number of rotatable bonds is 7. The number of piperidine rings is 1. The first-order chi connectivity index (χ1) is 15.2. The van der Waals surface area contributed by atoms with Crippen molar-refractivity contribution in [1.29, 1.82) is 0 Å². The topological polar surface area (TPSA) is 50.8 Å². The number of benzene rings is 2. The fourth-order valence-corrected chi connectivity index (χ4v) is 4.60. The van der Waals surface area contributed by atoms with E-state index >= 15 is 0 Å². The van der Waals surface area contributed by atoms with Gasteiger partial charge in [0.15, 0.2) is 0 Å². The lowest BCUT2D eigenvalue weighted by Crippen LogP contribution is -2.44. The normalized spacial score (nSPS) is 19.0.